The lowest BCUT2D eigenvalue weighted by atomic mass is 9.85. The average Bonchev–Trinajstić information content (AvgIpc) is 3.11. The van der Waals surface area contributed by atoms with Gasteiger partial charge in [0.25, 0.3) is 0 Å². The highest BCUT2D eigenvalue weighted by Crippen LogP contribution is 2.34. The molecule has 0 bridgehead atoms. The van der Waals surface area contributed by atoms with E-state index >= 15 is 0 Å². The molecule has 1 aliphatic heterocycles. The first-order valence-electron chi connectivity index (χ1n) is 7.68. The molecule has 6 heteroatoms. The molecule has 2 heterocycles. The van der Waals surface area contributed by atoms with Crippen molar-refractivity contribution in [3.05, 3.63) is 16.3 Å². The topological polar surface area (TPSA) is 49.4 Å². The minimum atomic E-state index is -3.34. The van der Waals surface area contributed by atoms with E-state index in [0.717, 1.165) is 17.7 Å². The number of sulfonamides is 1. The highest BCUT2D eigenvalue weighted by Gasteiger charge is 2.35. The van der Waals surface area contributed by atoms with Crippen molar-refractivity contribution in [1.29, 1.82) is 0 Å². The molecular weight excluding hydrogens is 304 g/mol. The van der Waals surface area contributed by atoms with Crippen LogP contribution in [-0.2, 0) is 16.6 Å². The molecule has 1 N–H and O–H groups in total. The molecule has 118 valence electrons. The van der Waals surface area contributed by atoms with Crippen molar-refractivity contribution >= 4 is 21.4 Å². The second-order valence-corrected chi connectivity index (χ2v) is 9.88. The molecule has 3 rings (SSSR count). The van der Waals surface area contributed by atoms with Crippen molar-refractivity contribution in [1.82, 2.24) is 9.62 Å². The van der Waals surface area contributed by atoms with Gasteiger partial charge in [0.15, 0.2) is 0 Å². The standard InChI is InChI=1S/C15H24N2O2S2/c1-15(2)7-3-8-17(11-15)21(18,19)14-6-9-20-13(14)10-16-12-4-5-12/h6,9,12,16H,3-5,7-8,10-11H2,1-2H3. The zero-order chi connectivity index (χ0) is 15.1. The molecule has 21 heavy (non-hydrogen) atoms. The summed E-state index contributed by atoms with van der Waals surface area (Å²) < 4.78 is 27.5. The number of piperidine rings is 1. The van der Waals surface area contributed by atoms with Gasteiger partial charge in [-0.3, -0.25) is 0 Å². The van der Waals surface area contributed by atoms with Crippen LogP contribution in [0.1, 0.15) is 44.4 Å². The van der Waals surface area contributed by atoms with Gasteiger partial charge in [-0.2, -0.15) is 4.31 Å². The van der Waals surface area contributed by atoms with Crippen LogP contribution in [0.4, 0.5) is 0 Å². The molecule has 0 spiro atoms. The highest BCUT2D eigenvalue weighted by molar-refractivity contribution is 7.89. The second-order valence-electron chi connectivity index (χ2n) is 6.97. The Morgan fingerprint density at radius 1 is 1.43 bits per heavy atom. The monoisotopic (exact) mass is 328 g/mol. The third-order valence-electron chi connectivity index (χ3n) is 4.32. The Bertz CT molecular complexity index is 603. The summed E-state index contributed by atoms with van der Waals surface area (Å²) in [5.41, 5.74) is 0.0772. The number of nitrogens with one attached hydrogen (secondary N) is 1. The number of hydrogen-bond donors (Lipinski definition) is 1. The smallest absolute Gasteiger partial charge is 0.244 e. The molecule has 2 aliphatic rings. The maximum Gasteiger partial charge on any atom is 0.244 e. The van der Waals surface area contributed by atoms with Crippen LogP contribution in [0.25, 0.3) is 0 Å². The van der Waals surface area contributed by atoms with Gasteiger partial charge in [-0.15, -0.1) is 11.3 Å². The molecule has 0 atom stereocenters. The van der Waals surface area contributed by atoms with Gasteiger partial charge in [0.05, 0.1) is 4.90 Å². The first kappa shape index (κ1) is 15.5. The molecule has 1 aromatic heterocycles. The molecule has 1 aliphatic carbocycles. The van der Waals surface area contributed by atoms with Gasteiger partial charge in [0.2, 0.25) is 10.0 Å². The van der Waals surface area contributed by atoms with Crippen LogP contribution in [0.2, 0.25) is 0 Å². The van der Waals surface area contributed by atoms with E-state index in [-0.39, 0.29) is 5.41 Å². The average molecular weight is 329 g/mol. The quantitative estimate of drug-likeness (QED) is 0.904. The number of nitrogens with zero attached hydrogens (tertiary/aromatic N) is 1. The fourth-order valence-electron chi connectivity index (χ4n) is 2.93. The van der Waals surface area contributed by atoms with Crippen molar-refractivity contribution in [2.24, 2.45) is 5.41 Å². The maximum atomic E-state index is 12.9. The van der Waals surface area contributed by atoms with Gasteiger partial charge in [0, 0.05) is 30.6 Å². The summed E-state index contributed by atoms with van der Waals surface area (Å²) in [6, 6.07) is 2.36. The summed E-state index contributed by atoms with van der Waals surface area (Å²) in [7, 11) is -3.34. The Balaban J connectivity index is 1.79. The Hall–Kier alpha value is -0.430. The van der Waals surface area contributed by atoms with Gasteiger partial charge in [-0.1, -0.05) is 13.8 Å². The van der Waals surface area contributed by atoms with Crippen LogP contribution in [0.3, 0.4) is 0 Å². The van der Waals surface area contributed by atoms with Gasteiger partial charge in [0.1, 0.15) is 0 Å². The van der Waals surface area contributed by atoms with Crippen molar-refractivity contribution in [2.75, 3.05) is 13.1 Å². The summed E-state index contributed by atoms with van der Waals surface area (Å²) >= 11 is 1.54. The van der Waals surface area contributed by atoms with Crippen LogP contribution < -0.4 is 5.32 Å². The maximum absolute atomic E-state index is 12.9. The zero-order valence-corrected chi connectivity index (χ0v) is 14.4. The molecule has 0 aromatic carbocycles. The SMILES string of the molecule is CC1(C)CCCN(S(=O)(=O)c2ccsc2CNC2CC2)C1. The Morgan fingerprint density at radius 2 is 2.19 bits per heavy atom. The van der Waals surface area contributed by atoms with Crippen LogP contribution >= 0.6 is 11.3 Å². The minimum absolute atomic E-state index is 0.0772. The Labute approximate surface area is 131 Å². The van der Waals surface area contributed by atoms with E-state index in [9.17, 15) is 8.42 Å². The lowest BCUT2D eigenvalue weighted by Crippen LogP contribution is -2.43. The number of rotatable bonds is 5. The molecule has 0 unspecified atom stereocenters. The van der Waals surface area contributed by atoms with Crippen molar-refractivity contribution in [2.45, 2.75) is 57.0 Å². The van der Waals surface area contributed by atoms with Gasteiger partial charge in [-0.05, 0) is 42.5 Å². The van der Waals surface area contributed by atoms with Crippen molar-refractivity contribution in [3.8, 4) is 0 Å². The first-order chi connectivity index (χ1) is 9.88. The normalized spacial score (nSPS) is 23.3. The van der Waals surface area contributed by atoms with E-state index in [4.69, 9.17) is 0 Å². The van der Waals surface area contributed by atoms with E-state index in [0.29, 0.717) is 30.6 Å². The summed E-state index contributed by atoms with van der Waals surface area (Å²) in [4.78, 5) is 1.46. The highest BCUT2D eigenvalue weighted by atomic mass is 32.2. The molecule has 4 nitrogen and oxygen atoms in total. The van der Waals surface area contributed by atoms with Crippen LogP contribution in [0, 0.1) is 5.41 Å². The lowest BCUT2D eigenvalue weighted by molar-refractivity contribution is 0.187. The van der Waals surface area contributed by atoms with E-state index in [2.05, 4.69) is 19.2 Å². The van der Waals surface area contributed by atoms with E-state index in [1.54, 1.807) is 21.7 Å². The number of thiophene rings is 1. The molecular formula is C15H24N2O2S2. The molecule has 2 fully saturated rings. The summed E-state index contributed by atoms with van der Waals surface area (Å²) in [5, 5.41) is 5.31. The molecule has 1 saturated heterocycles. The summed E-state index contributed by atoms with van der Waals surface area (Å²) in [6.45, 7) is 6.25. The predicted octanol–water partition coefficient (Wildman–Crippen LogP) is 2.81. The summed E-state index contributed by atoms with van der Waals surface area (Å²) in [6.07, 6.45) is 4.48. The third-order valence-corrected chi connectivity index (χ3v) is 7.30. The Morgan fingerprint density at radius 3 is 2.86 bits per heavy atom. The lowest BCUT2D eigenvalue weighted by Gasteiger charge is -2.37. The van der Waals surface area contributed by atoms with E-state index < -0.39 is 10.0 Å². The Kier molecular flexibility index (Phi) is 4.16. The van der Waals surface area contributed by atoms with Gasteiger partial charge >= 0.3 is 0 Å². The van der Waals surface area contributed by atoms with Gasteiger partial charge < -0.3 is 5.32 Å². The number of hydrogen-bond acceptors (Lipinski definition) is 4. The fourth-order valence-corrected chi connectivity index (χ4v) is 5.96. The minimum Gasteiger partial charge on any atom is -0.309 e. The largest absolute Gasteiger partial charge is 0.309 e. The van der Waals surface area contributed by atoms with Crippen LogP contribution in [0.15, 0.2) is 16.3 Å². The zero-order valence-electron chi connectivity index (χ0n) is 12.8. The predicted molar refractivity (Wildman–Crippen MR) is 86.0 cm³/mol. The second kappa shape index (κ2) is 5.65. The molecule has 1 aromatic rings. The van der Waals surface area contributed by atoms with E-state index in [1.807, 2.05) is 5.38 Å². The van der Waals surface area contributed by atoms with Crippen molar-refractivity contribution < 1.29 is 8.42 Å². The molecule has 0 radical (unpaired) electrons. The van der Waals surface area contributed by atoms with Crippen LogP contribution in [-0.4, -0.2) is 31.9 Å². The summed E-state index contributed by atoms with van der Waals surface area (Å²) in [5.74, 6) is 0. The van der Waals surface area contributed by atoms with Gasteiger partial charge in [-0.25, -0.2) is 8.42 Å². The molecule has 0 amide bonds. The fraction of sp³-hybridized carbons (Fsp3) is 0.733. The van der Waals surface area contributed by atoms with Crippen LogP contribution in [0.5, 0.6) is 0 Å². The third kappa shape index (κ3) is 3.50. The van der Waals surface area contributed by atoms with E-state index in [1.165, 1.54) is 12.8 Å². The van der Waals surface area contributed by atoms with Crippen molar-refractivity contribution in [3.63, 3.8) is 0 Å². The first-order valence-corrected chi connectivity index (χ1v) is 10.0. The molecule has 1 saturated carbocycles.